The maximum atomic E-state index is 13.4. The smallest absolute Gasteiger partial charge is 0.340 e. The van der Waals surface area contributed by atoms with E-state index in [1.54, 1.807) is 30.1 Å². The van der Waals surface area contributed by atoms with Crippen molar-refractivity contribution in [1.82, 2.24) is 29.1 Å². The van der Waals surface area contributed by atoms with E-state index in [4.69, 9.17) is 0 Å². The van der Waals surface area contributed by atoms with E-state index < -0.39 is 21.8 Å². The highest BCUT2D eigenvalue weighted by atomic mass is 32.2. The Morgan fingerprint density at radius 3 is 2.63 bits per heavy atom. The second kappa shape index (κ2) is 6.93. The van der Waals surface area contributed by atoms with Crippen LogP contribution >= 0.6 is 0 Å². The van der Waals surface area contributed by atoms with Crippen molar-refractivity contribution in [1.29, 1.82) is 0 Å². The summed E-state index contributed by atoms with van der Waals surface area (Å²) in [5.74, 6) is -1.68. The summed E-state index contributed by atoms with van der Waals surface area (Å²) in [5, 5.41) is 3.73. The molecule has 1 atom stereocenters. The highest BCUT2D eigenvalue weighted by molar-refractivity contribution is 7.92. The first-order chi connectivity index (χ1) is 14.0. The number of nitrogens with zero attached hydrogens (tertiary/aromatic N) is 7. The number of halogens is 3. The van der Waals surface area contributed by atoms with Crippen LogP contribution in [0.25, 0.3) is 17.0 Å². The average Bonchev–Trinajstić information content (AvgIpc) is 3.36. The Balaban J connectivity index is 1.78. The largest absolute Gasteiger partial charge is 0.471 e. The van der Waals surface area contributed by atoms with Gasteiger partial charge in [0, 0.05) is 31.3 Å². The first-order valence-corrected chi connectivity index (χ1v) is 10.5. The van der Waals surface area contributed by atoms with Crippen molar-refractivity contribution in [3.8, 4) is 11.4 Å². The fourth-order valence-corrected chi connectivity index (χ4v) is 4.59. The van der Waals surface area contributed by atoms with Crippen molar-refractivity contribution in [3.05, 3.63) is 48.1 Å². The predicted molar refractivity (Wildman–Crippen MR) is 99.9 cm³/mol. The van der Waals surface area contributed by atoms with Gasteiger partial charge in [-0.2, -0.15) is 18.2 Å². The standard InChI is InChI=1S/C17H16F3N7O2S/c1-10-15(30(3,28)22-6-12-8-26(2)9-21-12)27-7-11(4-5-13(27)23-10)14-24-16(29-25-14)17(18,19)20/h4-5,7-9H,6H2,1-3H3. The van der Waals surface area contributed by atoms with Crippen LogP contribution in [-0.4, -0.2) is 39.5 Å². The Hall–Kier alpha value is -3.22. The lowest BCUT2D eigenvalue weighted by molar-refractivity contribution is -0.159. The molecule has 9 nitrogen and oxygen atoms in total. The van der Waals surface area contributed by atoms with Crippen LogP contribution in [0.2, 0.25) is 0 Å². The number of fused-ring (bicyclic) bond motifs is 1. The Labute approximate surface area is 168 Å². The Morgan fingerprint density at radius 1 is 1.23 bits per heavy atom. The topological polar surface area (TPSA) is 103 Å². The summed E-state index contributed by atoms with van der Waals surface area (Å²) in [6.07, 6.45) is 1.60. The molecule has 13 heteroatoms. The fourth-order valence-electron chi connectivity index (χ4n) is 2.98. The summed E-state index contributed by atoms with van der Waals surface area (Å²) in [5.41, 5.74) is 1.87. The molecule has 4 heterocycles. The fraction of sp³-hybridized carbons (Fsp3) is 0.294. The van der Waals surface area contributed by atoms with Gasteiger partial charge in [0.1, 0.15) is 10.7 Å². The lowest BCUT2D eigenvalue weighted by Gasteiger charge is -2.06. The third-order valence-electron chi connectivity index (χ3n) is 4.25. The van der Waals surface area contributed by atoms with E-state index in [-0.39, 0.29) is 17.9 Å². The molecule has 0 aromatic carbocycles. The molecule has 0 N–H and O–H groups in total. The minimum absolute atomic E-state index is 0.141. The van der Waals surface area contributed by atoms with Gasteiger partial charge in [-0.05, 0) is 19.1 Å². The SMILES string of the molecule is Cc1nc2ccc(-c3noc(C(F)(F)F)n3)cn2c1S(C)(=O)=NCc1cn(C)cn1. The van der Waals surface area contributed by atoms with Crippen molar-refractivity contribution < 1.29 is 21.9 Å². The highest BCUT2D eigenvalue weighted by Crippen LogP contribution is 2.30. The summed E-state index contributed by atoms with van der Waals surface area (Å²) in [6, 6.07) is 3.09. The minimum atomic E-state index is -4.74. The molecule has 0 radical (unpaired) electrons. The van der Waals surface area contributed by atoms with Gasteiger partial charge in [0.05, 0.1) is 34.0 Å². The van der Waals surface area contributed by atoms with Crippen molar-refractivity contribution in [3.63, 3.8) is 0 Å². The van der Waals surface area contributed by atoms with Gasteiger partial charge >= 0.3 is 12.1 Å². The number of hydrogen-bond donors (Lipinski definition) is 0. The van der Waals surface area contributed by atoms with E-state index in [2.05, 4.69) is 29.0 Å². The van der Waals surface area contributed by atoms with E-state index in [0.717, 1.165) is 0 Å². The molecule has 4 aromatic rings. The highest BCUT2D eigenvalue weighted by Gasteiger charge is 2.38. The molecule has 0 bridgehead atoms. The van der Waals surface area contributed by atoms with Gasteiger partial charge in [-0.1, -0.05) is 5.16 Å². The Kier molecular flexibility index (Phi) is 4.64. The summed E-state index contributed by atoms with van der Waals surface area (Å²) in [4.78, 5) is 11.9. The van der Waals surface area contributed by atoms with Crippen molar-refractivity contribution in [2.24, 2.45) is 11.4 Å². The molecule has 0 aliphatic heterocycles. The zero-order chi connectivity index (χ0) is 21.7. The van der Waals surface area contributed by atoms with Gasteiger partial charge in [0.25, 0.3) is 0 Å². The molecule has 4 rings (SSSR count). The lowest BCUT2D eigenvalue weighted by Crippen LogP contribution is -2.05. The number of imidazole rings is 2. The molecule has 30 heavy (non-hydrogen) atoms. The molecule has 0 amide bonds. The zero-order valence-electron chi connectivity index (χ0n) is 16.1. The van der Waals surface area contributed by atoms with Crippen LogP contribution in [0.5, 0.6) is 0 Å². The number of pyridine rings is 1. The Morgan fingerprint density at radius 2 is 2.00 bits per heavy atom. The molecule has 158 valence electrons. The quantitative estimate of drug-likeness (QED) is 0.484. The molecule has 0 spiro atoms. The van der Waals surface area contributed by atoms with Crippen LogP contribution in [0.4, 0.5) is 13.2 Å². The average molecular weight is 439 g/mol. The van der Waals surface area contributed by atoms with Gasteiger partial charge in [-0.25, -0.2) is 18.5 Å². The van der Waals surface area contributed by atoms with E-state index >= 15 is 0 Å². The third-order valence-corrected chi connectivity index (χ3v) is 6.09. The van der Waals surface area contributed by atoms with Crippen LogP contribution in [0, 0.1) is 6.92 Å². The van der Waals surface area contributed by atoms with E-state index in [0.29, 0.717) is 22.1 Å². The van der Waals surface area contributed by atoms with Crippen LogP contribution in [0.1, 0.15) is 17.3 Å². The van der Waals surface area contributed by atoms with Crippen molar-refractivity contribution in [2.75, 3.05) is 6.26 Å². The molecule has 0 aliphatic rings. The number of aromatic nitrogens is 6. The second-order valence-corrected chi connectivity index (χ2v) is 8.94. The summed E-state index contributed by atoms with van der Waals surface area (Å²) in [7, 11) is -1.08. The number of rotatable bonds is 4. The van der Waals surface area contributed by atoms with Gasteiger partial charge < -0.3 is 9.09 Å². The second-order valence-electron chi connectivity index (χ2n) is 6.69. The predicted octanol–water partition coefficient (Wildman–Crippen LogP) is 3.10. The first kappa shape index (κ1) is 20.1. The molecule has 0 aliphatic carbocycles. The molecule has 0 saturated carbocycles. The molecular formula is C17H16F3N7O2S. The van der Waals surface area contributed by atoms with Crippen LogP contribution in [-0.2, 0) is 29.5 Å². The van der Waals surface area contributed by atoms with E-state index in [1.807, 2.05) is 7.05 Å². The summed E-state index contributed by atoms with van der Waals surface area (Å²) >= 11 is 0. The monoisotopic (exact) mass is 439 g/mol. The van der Waals surface area contributed by atoms with Crippen LogP contribution in [0.15, 0.2) is 44.8 Å². The zero-order valence-corrected chi connectivity index (χ0v) is 16.9. The Bertz CT molecular complexity index is 1360. The maximum absolute atomic E-state index is 13.4. The lowest BCUT2D eigenvalue weighted by atomic mass is 10.3. The summed E-state index contributed by atoms with van der Waals surface area (Å²) < 4.78 is 63.5. The molecule has 0 saturated heterocycles. The van der Waals surface area contributed by atoms with E-state index in [1.165, 1.54) is 22.9 Å². The maximum Gasteiger partial charge on any atom is 0.471 e. The number of alkyl halides is 3. The third kappa shape index (κ3) is 3.67. The van der Waals surface area contributed by atoms with Gasteiger partial charge in [-0.3, -0.25) is 4.40 Å². The van der Waals surface area contributed by atoms with E-state index in [9.17, 15) is 17.4 Å². The molecule has 0 fully saturated rings. The van der Waals surface area contributed by atoms with Gasteiger partial charge in [0.2, 0.25) is 5.82 Å². The van der Waals surface area contributed by atoms with Crippen molar-refractivity contribution in [2.45, 2.75) is 24.7 Å². The summed E-state index contributed by atoms with van der Waals surface area (Å²) in [6.45, 7) is 1.83. The van der Waals surface area contributed by atoms with Crippen molar-refractivity contribution >= 4 is 15.4 Å². The normalized spacial score (nSPS) is 14.2. The number of hydrogen-bond acceptors (Lipinski definition) is 7. The van der Waals surface area contributed by atoms with Crippen LogP contribution < -0.4 is 0 Å². The first-order valence-electron chi connectivity index (χ1n) is 8.59. The molecular weight excluding hydrogens is 423 g/mol. The minimum Gasteiger partial charge on any atom is -0.340 e. The number of aryl methyl sites for hydroxylation is 2. The van der Waals surface area contributed by atoms with Gasteiger partial charge in [-0.15, -0.1) is 0 Å². The molecule has 4 aromatic heterocycles. The van der Waals surface area contributed by atoms with Crippen LogP contribution in [0.3, 0.4) is 0 Å². The molecule has 1 unspecified atom stereocenters. The van der Waals surface area contributed by atoms with Gasteiger partial charge in [0.15, 0.2) is 0 Å².